The summed E-state index contributed by atoms with van der Waals surface area (Å²) < 4.78 is 36.1. The minimum absolute atomic E-state index is 0.0539. The molecule has 1 aliphatic rings. The van der Waals surface area contributed by atoms with Crippen LogP contribution >= 0.6 is 50.2 Å². The zero-order chi connectivity index (χ0) is 24.5. The van der Waals surface area contributed by atoms with E-state index in [-0.39, 0.29) is 36.4 Å². The number of carbonyl (C=O) groups is 2. The summed E-state index contributed by atoms with van der Waals surface area (Å²) >= 11 is 11.7. The summed E-state index contributed by atoms with van der Waals surface area (Å²) in [7, 11) is -3.63. The average molecular weight is 607 g/mol. The van der Waals surface area contributed by atoms with Gasteiger partial charge in [-0.1, -0.05) is 38.9 Å². The number of sulfonamides is 1. The fourth-order valence-corrected chi connectivity index (χ4v) is 8.41. The van der Waals surface area contributed by atoms with Gasteiger partial charge in [-0.2, -0.15) is 9.30 Å². The quantitative estimate of drug-likeness (QED) is 0.391. The topological polar surface area (TPSA) is 98.0 Å². The van der Waals surface area contributed by atoms with E-state index in [1.165, 1.54) is 21.7 Å². The number of thiazole rings is 1. The molecule has 2 aromatic heterocycles. The molecule has 0 aliphatic carbocycles. The fraction of sp³-hybridized carbons (Fsp3) is 0.381. The Hall–Kier alpha value is -1.57. The van der Waals surface area contributed by atoms with Crippen molar-refractivity contribution in [2.45, 2.75) is 30.5 Å². The molecule has 4 rings (SSSR count). The molecule has 0 spiro atoms. The zero-order valence-electron chi connectivity index (χ0n) is 18.1. The highest BCUT2D eigenvalue weighted by molar-refractivity contribution is 9.10. The highest BCUT2D eigenvalue weighted by Gasteiger charge is 2.33. The van der Waals surface area contributed by atoms with Gasteiger partial charge in [0.05, 0.1) is 21.2 Å². The smallest absolute Gasteiger partial charge is 0.326 e. The monoisotopic (exact) mass is 605 g/mol. The maximum atomic E-state index is 13.0. The molecule has 1 aliphatic heterocycles. The summed E-state index contributed by atoms with van der Waals surface area (Å²) in [4.78, 5) is 29.9. The van der Waals surface area contributed by atoms with E-state index in [0.29, 0.717) is 22.0 Å². The van der Waals surface area contributed by atoms with Gasteiger partial charge in [-0.05, 0) is 50.1 Å². The molecule has 182 valence electrons. The van der Waals surface area contributed by atoms with Crippen LogP contribution in [0.25, 0.3) is 10.2 Å². The summed E-state index contributed by atoms with van der Waals surface area (Å²) in [5, 5.41) is 0. The minimum atomic E-state index is -3.63. The molecule has 0 atom stereocenters. The molecule has 1 saturated heterocycles. The number of ether oxygens (including phenoxy) is 1. The van der Waals surface area contributed by atoms with Crippen molar-refractivity contribution in [3.63, 3.8) is 0 Å². The second-order valence-electron chi connectivity index (χ2n) is 7.57. The standard InChI is InChI=1S/C21H21BrClN3O5S3/c1-2-31-18(27)12-26-15-4-3-14(22)11-16(15)32-21(26)24-20(28)13-7-9-25(10-8-13)34(29,30)19-6-5-17(23)33-19/h3-6,11,13H,2,7-10,12H2,1H3. The van der Waals surface area contributed by atoms with E-state index < -0.39 is 21.9 Å². The van der Waals surface area contributed by atoms with E-state index in [1.807, 2.05) is 18.2 Å². The molecule has 34 heavy (non-hydrogen) atoms. The number of benzene rings is 1. The molecular formula is C21H21BrClN3O5S3. The van der Waals surface area contributed by atoms with Crippen LogP contribution in [0.3, 0.4) is 0 Å². The molecule has 0 N–H and O–H groups in total. The third-order valence-corrected chi connectivity index (χ3v) is 10.5. The first kappa shape index (κ1) is 25.5. The fourth-order valence-electron chi connectivity index (χ4n) is 3.71. The molecule has 1 amide bonds. The maximum Gasteiger partial charge on any atom is 0.326 e. The van der Waals surface area contributed by atoms with Crippen LogP contribution in [-0.4, -0.2) is 48.9 Å². The van der Waals surface area contributed by atoms with Crippen LogP contribution < -0.4 is 4.80 Å². The lowest BCUT2D eigenvalue weighted by Gasteiger charge is -2.29. The first-order chi connectivity index (χ1) is 16.2. The molecule has 3 aromatic rings. The van der Waals surface area contributed by atoms with Gasteiger partial charge in [0, 0.05) is 23.5 Å². The first-order valence-corrected chi connectivity index (χ1v) is 14.7. The molecule has 3 heterocycles. The predicted molar refractivity (Wildman–Crippen MR) is 136 cm³/mol. The van der Waals surface area contributed by atoms with Gasteiger partial charge in [-0.3, -0.25) is 9.59 Å². The SMILES string of the molecule is CCOC(=O)Cn1c(=NC(=O)C2CCN(S(=O)(=O)c3ccc(Cl)s3)CC2)sc2cc(Br)ccc21. The number of halogens is 2. The number of esters is 1. The van der Waals surface area contributed by atoms with Crippen molar-refractivity contribution in [2.24, 2.45) is 10.9 Å². The van der Waals surface area contributed by atoms with Crippen molar-refractivity contribution >= 4 is 82.3 Å². The Morgan fingerprint density at radius 1 is 1.21 bits per heavy atom. The van der Waals surface area contributed by atoms with E-state index in [4.69, 9.17) is 16.3 Å². The second-order valence-corrected chi connectivity index (χ2v) is 13.4. The Bertz CT molecular complexity index is 1400. The largest absolute Gasteiger partial charge is 0.465 e. The lowest BCUT2D eigenvalue weighted by Crippen LogP contribution is -2.40. The molecule has 8 nitrogen and oxygen atoms in total. The highest BCUT2D eigenvalue weighted by atomic mass is 79.9. The van der Waals surface area contributed by atoms with Gasteiger partial charge in [0.25, 0.3) is 15.9 Å². The number of piperidine rings is 1. The van der Waals surface area contributed by atoms with Crippen molar-refractivity contribution < 1.29 is 22.7 Å². The van der Waals surface area contributed by atoms with Crippen LogP contribution in [0.1, 0.15) is 19.8 Å². The Kier molecular flexibility index (Phi) is 7.95. The molecule has 1 fully saturated rings. The van der Waals surface area contributed by atoms with E-state index in [2.05, 4.69) is 20.9 Å². The first-order valence-electron chi connectivity index (χ1n) is 10.5. The molecule has 13 heteroatoms. The average Bonchev–Trinajstić information content (AvgIpc) is 3.38. The number of hydrogen-bond acceptors (Lipinski definition) is 7. The van der Waals surface area contributed by atoms with Gasteiger partial charge in [-0.15, -0.1) is 11.3 Å². The van der Waals surface area contributed by atoms with Crippen molar-refractivity contribution in [3.8, 4) is 0 Å². The van der Waals surface area contributed by atoms with Gasteiger partial charge in [0.15, 0.2) is 4.80 Å². The van der Waals surface area contributed by atoms with Gasteiger partial charge < -0.3 is 9.30 Å². The minimum Gasteiger partial charge on any atom is -0.465 e. The van der Waals surface area contributed by atoms with E-state index >= 15 is 0 Å². The number of fused-ring (bicyclic) bond motifs is 1. The van der Waals surface area contributed by atoms with Gasteiger partial charge in [-0.25, -0.2) is 8.42 Å². The number of aromatic nitrogens is 1. The van der Waals surface area contributed by atoms with E-state index in [0.717, 1.165) is 26.0 Å². The lowest BCUT2D eigenvalue weighted by atomic mass is 9.98. The van der Waals surface area contributed by atoms with Crippen LogP contribution in [0, 0.1) is 5.92 Å². The Labute approximate surface area is 218 Å². The molecule has 1 aromatic carbocycles. The Balaban J connectivity index is 1.55. The molecular weight excluding hydrogens is 586 g/mol. The van der Waals surface area contributed by atoms with Crippen LogP contribution in [0.5, 0.6) is 0 Å². The third kappa shape index (κ3) is 5.47. The highest BCUT2D eigenvalue weighted by Crippen LogP contribution is 2.31. The number of nitrogens with zero attached hydrogens (tertiary/aromatic N) is 3. The van der Waals surface area contributed by atoms with Crippen molar-refractivity contribution in [1.82, 2.24) is 8.87 Å². The zero-order valence-corrected chi connectivity index (χ0v) is 22.9. The number of carbonyl (C=O) groups excluding carboxylic acids is 2. The third-order valence-electron chi connectivity index (χ3n) is 5.39. The van der Waals surface area contributed by atoms with Crippen molar-refractivity contribution in [3.05, 3.63) is 43.9 Å². The van der Waals surface area contributed by atoms with Crippen molar-refractivity contribution in [2.75, 3.05) is 19.7 Å². The van der Waals surface area contributed by atoms with Crippen LogP contribution in [0.15, 0.2) is 44.0 Å². The summed E-state index contributed by atoms with van der Waals surface area (Å²) in [6.45, 7) is 2.40. The van der Waals surface area contributed by atoms with Crippen LogP contribution in [0.2, 0.25) is 4.34 Å². The molecule has 0 radical (unpaired) electrons. The predicted octanol–water partition coefficient (Wildman–Crippen LogP) is 4.27. The molecule has 0 unspecified atom stereocenters. The number of hydrogen-bond donors (Lipinski definition) is 0. The number of amides is 1. The lowest BCUT2D eigenvalue weighted by molar-refractivity contribution is -0.143. The number of rotatable bonds is 6. The normalized spacial score (nSPS) is 16.3. The van der Waals surface area contributed by atoms with E-state index in [1.54, 1.807) is 17.6 Å². The summed E-state index contributed by atoms with van der Waals surface area (Å²) in [5.41, 5.74) is 0.781. The van der Waals surface area contributed by atoms with Gasteiger partial charge in [0.1, 0.15) is 10.8 Å². The van der Waals surface area contributed by atoms with Gasteiger partial charge >= 0.3 is 5.97 Å². The van der Waals surface area contributed by atoms with Crippen molar-refractivity contribution in [1.29, 1.82) is 0 Å². The second kappa shape index (κ2) is 10.6. The summed E-state index contributed by atoms with van der Waals surface area (Å²) in [6, 6.07) is 8.68. The molecule has 0 bridgehead atoms. The Morgan fingerprint density at radius 2 is 1.94 bits per heavy atom. The summed E-state index contributed by atoms with van der Waals surface area (Å²) in [5.74, 6) is -1.13. The Morgan fingerprint density at radius 3 is 2.59 bits per heavy atom. The van der Waals surface area contributed by atoms with Crippen LogP contribution in [-0.2, 0) is 30.9 Å². The maximum absolute atomic E-state index is 13.0. The number of thiophene rings is 1. The summed E-state index contributed by atoms with van der Waals surface area (Å²) in [6.07, 6.45) is 0.740. The molecule has 0 saturated carbocycles. The van der Waals surface area contributed by atoms with Crippen LogP contribution in [0.4, 0.5) is 0 Å². The van der Waals surface area contributed by atoms with E-state index in [9.17, 15) is 18.0 Å². The van der Waals surface area contributed by atoms with Gasteiger partial charge in [0.2, 0.25) is 0 Å².